The lowest BCUT2D eigenvalue weighted by Crippen LogP contribution is -2.15. The molecule has 0 aliphatic rings. The summed E-state index contributed by atoms with van der Waals surface area (Å²) >= 11 is 5.70. The van der Waals surface area contributed by atoms with Crippen LogP contribution in [0.4, 0.5) is 5.69 Å². The van der Waals surface area contributed by atoms with Gasteiger partial charge in [0.15, 0.2) is 6.61 Å². The Morgan fingerprint density at radius 3 is 2.67 bits per heavy atom. The van der Waals surface area contributed by atoms with Crippen molar-refractivity contribution in [3.05, 3.63) is 53.3 Å². The summed E-state index contributed by atoms with van der Waals surface area (Å²) in [5.41, 5.74) is 0.549. The first-order valence-electron chi connectivity index (χ1n) is 5.93. The zero-order valence-electron chi connectivity index (χ0n) is 10.7. The fourth-order valence-electron chi connectivity index (χ4n) is 1.53. The molecule has 1 heterocycles. The Morgan fingerprint density at radius 2 is 2.00 bits per heavy atom. The number of ether oxygens (including phenoxy) is 1. The van der Waals surface area contributed by atoms with Crippen LogP contribution in [0.3, 0.4) is 0 Å². The van der Waals surface area contributed by atoms with E-state index in [-0.39, 0.29) is 11.4 Å². The van der Waals surface area contributed by atoms with Crippen molar-refractivity contribution in [1.82, 2.24) is 4.98 Å². The number of halogens is 1. The Bertz CT molecular complexity index is 658. The molecule has 0 aliphatic heterocycles. The van der Waals surface area contributed by atoms with E-state index in [1.54, 1.807) is 30.3 Å². The number of aromatic nitrogens is 1. The zero-order chi connectivity index (χ0) is 15.2. The summed E-state index contributed by atoms with van der Waals surface area (Å²) < 4.78 is 5.10. The number of nitrogens with zero attached hydrogens (tertiary/aromatic N) is 1. The molecule has 0 spiro atoms. The molecule has 1 aromatic carbocycles. The smallest absolute Gasteiger partial charge is 0.341 e. The molecular formula is C14H11ClN2O4. The van der Waals surface area contributed by atoms with Crippen LogP contribution in [0.1, 0.15) is 10.5 Å². The fraction of sp³-hybridized carbons (Fsp3) is 0.0714. The summed E-state index contributed by atoms with van der Waals surface area (Å²) in [6, 6.07) is 9.57. The predicted molar refractivity (Wildman–Crippen MR) is 76.8 cm³/mol. The van der Waals surface area contributed by atoms with Gasteiger partial charge in [0.1, 0.15) is 11.4 Å². The molecule has 1 amide bonds. The van der Waals surface area contributed by atoms with E-state index in [0.29, 0.717) is 10.7 Å². The van der Waals surface area contributed by atoms with Crippen LogP contribution in [-0.2, 0) is 4.79 Å². The lowest BCUT2D eigenvalue weighted by Gasteiger charge is -2.10. The van der Waals surface area contributed by atoms with E-state index < -0.39 is 18.5 Å². The van der Waals surface area contributed by atoms with Gasteiger partial charge in [0.2, 0.25) is 0 Å². The molecule has 0 bridgehead atoms. The summed E-state index contributed by atoms with van der Waals surface area (Å²) in [6.45, 7) is -0.494. The summed E-state index contributed by atoms with van der Waals surface area (Å²) in [5.74, 6) is -1.28. The van der Waals surface area contributed by atoms with Gasteiger partial charge < -0.3 is 15.2 Å². The molecule has 0 aliphatic carbocycles. The second kappa shape index (κ2) is 6.71. The molecule has 0 radical (unpaired) electrons. The van der Waals surface area contributed by atoms with Crippen LogP contribution in [0.25, 0.3) is 0 Å². The molecule has 0 saturated heterocycles. The van der Waals surface area contributed by atoms with Crippen LogP contribution in [-0.4, -0.2) is 28.6 Å². The number of hydrogen-bond acceptors (Lipinski definition) is 4. The monoisotopic (exact) mass is 306 g/mol. The van der Waals surface area contributed by atoms with Crippen molar-refractivity contribution in [2.75, 3.05) is 11.9 Å². The second-order valence-electron chi connectivity index (χ2n) is 3.99. The Balaban J connectivity index is 2.13. The molecule has 21 heavy (non-hydrogen) atoms. The van der Waals surface area contributed by atoms with Gasteiger partial charge >= 0.3 is 5.97 Å². The van der Waals surface area contributed by atoms with Gasteiger partial charge in [0, 0.05) is 6.20 Å². The van der Waals surface area contributed by atoms with Gasteiger partial charge in [-0.1, -0.05) is 23.7 Å². The molecule has 0 saturated carbocycles. The number of hydrogen-bond donors (Lipinski definition) is 2. The summed E-state index contributed by atoms with van der Waals surface area (Å²) in [7, 11) is 0. The van der Waals surface area contributed by atoms with E-state index in [9.17, 15) is 9.59 Å². The number of aliphatic carboxylic acids is 1. The fourth-order valence-corrected chi connectivity index (χ4v) is 1.64. The number of carbonyl (C=O) groups is 2. The maximum absolute atomic E-state index is 12.0. The van der Waals surface area contributed by atoms with E-state index in [4.69, 9.17) is 21.4 Å². The van der Waals surface area contributed by atoms with Crippen molar-refractivity contribution >= 4 is 29.2 Å². The van der Waals surface area contributed by atoms with Crippen molar-refractivity contribution in [1.29, 1.82) is 0 Å². The number of para-hydroxylation sites is 2. The molecule has 2 rings (SSSR count). The van der Waals surface area contributed by atoms with Gasteiger partial charge in [-0.2, -0.15) is 0 Å². The molecule has 108 valence electrons. The van der Waals surface area contributed by atoms with Crippen LogP contribution in [0.2, 0.25) is 5.02 Å². The Morgan fingerprint density at radius 1 is 1.24 bits per heavy atom. The number of amides is 1. The summed E-state index contributed by atoms with van der Waals surface area (Å²) in [5, 5.41) is 11.7. The van der Waals surface area contributed by atoms with Crippen LogP contribution < -0.4 is 10.1 Å². The first-order valence-corrected chi connectivity index (χ1v) is 6.30. The predicted octanol–water partition coefficient (Wildman–Crippen LogP) is 2.45. The van der Waals surface area contributed by atoms with E-state index >= 15 is 0 Å². The third kappa shape index (κ3) is 4.19. The van der Waals surface area contributed by atoms with Crippen LogP contribution in [0, 0.1) is 0 Å². The average Bonchev–Trinajstić information content (AvgIpc) is 2.47. The minimum absolute atomic E-state index is 0.187. The zero-order valence-corrected chi connectivity index (χ0v) is 11.5. The number of nitrogens with one attached hydrogen (secondary N) is 1. The van der Waals surface area contributed by atoms with E-state index in [2.05, 4.69) is 10.3 Å². The maximum Gasteiger partial charge on any atom is 0.341 e. The molecule has 0 unspecified atom stereocenters. The van der Waals surface area contributed by atoms with Crippen LogP contribution >= 0.6 is 11.6 Å². The standard InChI is InChI=1S/C14H11ClN2O4/c15-9-5-6-11(16-7-9)14(20)17-10-3-1-2-4-12(10)21-8-13(18)19/h1-7H,8H2,(H,17,20)(H,18,19). The van der Waals surface area contributed by atoms with Crippen molar-refractivity contribution in [3.63, 3.8) is 0 Å². The highest BCUT2D eigenvalue weighted by molar-refractivity contribution is 6.30. The van der Waals surface area contributed by atoms with Crippen molar-refractivity contribution in [2.45, 2.75) is 0 Å². The Labute approximate surface area is 125 Å². The highest BCUT2D eigenvalue weighted by atomic mass is 35.5. The normalized spacial score (nSPS) is 9.95. The minimum Gasteiger partial charge on any atom is -0.480 e. The van der Waals surface area contributed by atoms with E-state index in [1.807, 2.05) is 0 Å². The number of carboxylic acid groups (broad SMARTS) is 1. The van der Waals surface area contributed by atoms with Gasteiger partial charge in [-0.05, 0) is 24.3 Å². The maximum atomic E-state index is 12.0. The van der Waals surface area contributed by atoms with Gasteiger partial charge in [-0.3, -0.25) is 4.79 Å². The summed E-state index contributed by atoms with van der Waals surface area (Å²) in [4.78, 5) is 26.5. The van der Waals surface area contributed by atoms with Crippen molar-refractivity contribution < 1.29 is 19.4 Å². The lowest BCUT2D eigenvalue weighted by molar-refractivity contribution is -0.139. The van der Waals surface area contributed by atoms with E-state index in [0.717, 1.165) is 0 Å². The third-order valence-electron chi connectivity index (χ3n) is 2.45. The first-order chi connectivity index (χ1) is 10.1. The van der Waals surface area contributed by atoms with Crippen molar-refractivity contribution in [3.8, 4) is 5.75 Å². The lowest BCUT2D eigenvalue weighted by atomic mass is 10.2. The molecule has 6 nitrogen and oxygen atoms in total. The second-order valence-corrected chi connectivity index (χ2v) is 4.43. The van der Waals surface area contributed by atoms with Gasteiger partial charge in [0.25, 0.3) is 5.91 Å². The number of pyridine rings is 1. The third-order valence-corrected chi connectivity index (χ3v) is 2.67. The van der Waals surface area contributed by atoms with Crippen molar-refractivity contribution in [2.24, 2.45) is 0 Å². The summed E-state index contributed by atoms with van der Waals surface area (Å²) in [6.07, 6.45) is 1.36. The van der Waals surface area contributed by atoms with Crippen LogP contribution in [0.5, 0.6) is 5.75 Å². The largest absolute Gasteiger partial charge is 0.480 e. The molecule has 2 aromatic rings. The quantitative estimate of drug-likeness (QED) is 0.885. The van der Waals surface area contributed by atoms with Crippen LogP contribution in [0.15, 0.2) is 42.6 Å². The number of carboxylic acids is 1. The van der Waals surface area contributed by atoms with Gasteiger partial charge in [-0.25, -0.2) is 9.78 Å². The minimum atomic E-state index is -1.10. The number of benzene rings is 1. The molecule has 0 atom stereocenters. The topological polar surface area (TPSA) is 88.5 Å². The molecule has 1 aromatic heterocycles. The Kier molecular flexibility index (Phi) is 4.73. The molecule has 0 fully saturated rings. The van der Waals surface area contributed by atoms with Gasteiger partial charge in [0.05, 0.1) is 10.7 Å². The average molecular weight is 307 g/mol. The first kappa shape index (κ1) is 14.8. The molecular weight excluding hydrogens is 296 g/mol. The number of rotatable bonds is 5. The van der Waals surface area contributed by atoms with Gasteiger partial charge in [-0.15, -0.1) is 0 Å². The SMILES string of the molecule is O=C(O)COc1ccccc1NC(=O)c1ccc(Cl)cn1. The number of carbonyl (C=O) groups excluding carboxylic acids is 1. The highest BCUT2D eigenvalue weighted by Gasteiger charge is 2.11. The Hall–Kier alpha value is -2.60. The number of anilines is 1. The highest BCUT2D eigenvalue weighted by Crippen LogP contribution is 2.24. The molecule has 2 N–H and O–H groups in total. The van der Waals surface area contributed by atoms with E-state index in [1.165, 1.54) is 12.3 Å². The molecule has 7 heteroatoms.